The van der Waals surface area contributed by atoms with Gasteiger partial charge in [0.2, 0.25) is 17.7 Å². The fraction of sp³-hybridized carbons (Fsp3) is 0.688. The summed E-state index contributed by atoms with van der Waals surface area (Å²) in [5.41, 5.74) is 0. The predicted octanol–water partition coefficient (Wildman–Crippen LogP) is 1.05. The van der Waals surface area contributed by atoms with Crippen molar-refractivity contribution in [2.24, 2.45) is 23.7 Å². The smallest absolute Gasteiger partial charge is 0.233 e. The fourth-order valence-corrected chi connectivity index (χ4v) is 4.13. The largest absolute Gasteiger partial charge is 0.343 e. The van der Waals surface area contributed by atoms with E-state index in [4.69, 9.17) is 0 Å². The Morgan fingerprint density at radius 2 is 1.67 bits per heavy atom. The van der Waals surface area contributed by atoms with Crippen molar-refractivity contribution in [1.82, 2.24) is 9.80 Å². The van der Waals surface area contributed by atoms with E-state index in [0.29, 0.717) is 13.1 Å². The van der Waals surface area contributed by atoms with E-state index >= 15 is 0 Å². The van der Waals surface area contributed by atoms with Crippen LogP contribution < -0.4 is 0 Å². The molecule has 0 aromatic rings. The third-order valence-corrected chi connectivity index (χ3v) is 5.23. The van der Waals surface area contributed by atoms with Gasteiger partial charge in [-0.25, -0.2) is 0 Å². The molecule has 0 spiro atoms. The number of hydrogen-bond donors (Lipinski definition) is 0. The average molecular weight is 290 g/mol. The van der Waals surface area contributed by atoms with Gasteiger partial charge in [0.1, 0.15) is 0 Å². The summed E-state index contributed by atoms with van der Waals surface area (Å²) in [4.78, 5) is 40.0. The van der Waals surface area contributed by atoms with Gasteiger partial charge in [-0.15, -0.1) is 0 Å². The van der Waals surface area contributed by atoms with E-state index in [-0.39, 0.29) is 54.4 Å². The molecule has 3 aliphatic rings. The van der Waals surface area contributed by atoms with Gasteiger partial charge in [0.15, 0.2) is 0 Å². The molecule has 1 saturated heterocycles. The Bertz CT molecular complexity index is 480. The lowest BCUT2D eigenvalue weighted by atomic mass is 9.85. The van der Waals surface area contributed by atoms with Crippen LogP contribution in [0.4, 0.5) is 0 Å². The summed E-state index contributed by atoms with van der Waals surface area (Å²) in [5, 5.41) is 0. The molecule has 4 atom stereocenters. The summed E-state index contributed by atoms with van der Waals surface area (Å²) in [5.74, 6) is 0.0501. The molecule has 2 aliphatic carbocycles. The number of hydrogen-bond acceptors (Lipinski definition) is 3. The zero-order valence-corrected chi connectivity index (χ0v) is 12.6. The molecule has 1 aliphatic heterocycles. The van der Waals surface area contributed by atoms with Gasteiger partial charge >= 0.3 is 0 Å². The van der Waals surface area contributed by atoms with E-state index in [1.54, 1.807) is 4.90 Å². The lowest BCUT2D eigenvalue weighted by molar-refractivity contribution is -0.141. The molecular formula is C16H22N2O3. The summed E-state index contributed by atoms with van der Waals surface area (Å²) in [7, 11) is 0. The highest BCUT2D eigenvalue weighted by atomic mass is 16.2. The number of allylic oxidation sites excluding steroid dienone is 2. The third-order valence-electron chi connectivity index (χ3n) is 5.23. The zero-order valence-electron chi connectivity index (χ0n) is 12.6. The van der Waals surface area contributed by atoms with Crippen molar-refractivity contribution in [3.05, 3.63) is 12.2 Å². The maximum atomic E-state index is 12.5. The van der Waals surface area contributed by atoms with E-state index in [0.717, 1.165) is 6.42 Å². The number of likely N-dealkylation sites (tertiary alicyclic amines) is 1. The second-order valence-corrected chi connectivity index (χ2v) is 6.14. The minimum Gasteiger partial charge on any atom is -0.343 e. The SMILES string of the molecule is CCN(CC)C(=O)CCN1C(=O)[C@@H]2[C@@H](C1=O)[C@@H]1C=C[C@@H]2C1. The van der Waals surface area contributed by atoms with Gasteiger partial charge in [-0.2, -0.15) is 0 Å². The summed E-state index contributed by atoms with van der Waals surface area (Å²) in [6, 6.07) is 0. The van der Waals surface area contributed by atoms with Crippen molar-refractivity contribution in [2.45, 2.75) is 26.7 Å². The minimum atomic E-state index is -0.156. The maximum Gasteiger partial charge on any atom is 0.233 e. The lowest BCUT2D eigenvalue weighted by Crippen LogP contribution is -2.38. The lowest BCUT2D eigenvalue weighted by Gasteiger charge is -2.21. The van der Waals surface area contributed by atoms with E-state index in [2.05, 4.69) is 12.2 Å². The Hall–Kier alpha value is -1.65. The molecule has 1 saturated carbocycles. The van der Waals surface area contributed by atoms with Crippen LogP contribution >= 0.6 is 0 Å². The quantitative estimate of drug-likeness (QED) is 0.562. The first-order valence-electron chi connectivity index (χ1n) is 7.89. The van der Waals surface area contributed by atoms with Crippen molar-refractivity contribution >= 4 is 17.7 Å². The second-order valence-electron chi connectivity index (χ2n) is 6.14. The van der Waals surface area contributed by atoms with Gasteiger partial charge in [-0.1, -0.05) is 12.2 Å². The van der Waals surface area contributed by atoms with Crippen molar-refractivity contribution in [2.75, 3.05) is 19.6 Å². The van der Waals surface area contributed by atoms with Gasteiger partial charge in [0.25, 0.3) is 0 Å². The normalized spacial score (nSPS) is 33.0. The Balaban J connectivity index is 1.64. The molecule has 3 rings (SSSR count). The molecule has 3 amide bonds. The van der Waals surface area contributed by atoms with Gasteiger partial charge in [0, 0.05) is 26.1 Å². The van der Waals surface area contributed by atoms with E-state index in [1.165, 1.54) is 4.90 Å². The number of rotatable bonds is 5. The Labute approximate surface area is 125 Å². The molecule has 5 heteroatoms. The molecule has 114 valence electrons. The highest BCUT2D eigenvalue weighted by Crippen LogP contribution is 2.52. The number of imide groups is 1. The zero-order chi connectivity index (χ0) is 15.1. The number of carbonyl (C=O) groups is 3. The minimum absolute atomic E-state index is 0.0127. The van der Waals surface area contributed by atoms with Crippen LogP contribution in [0.5, 0.6) is 0 Å². The third kappa shape index (κ3) is 2.10. The molecular weight excluding hydrogens is 268 g/mol. The predicted molar refractivity (Wildman–Crippen MR) is 77.0 cm³/mol. The highest BCUT2D eigenvalue weighted by Gasteiger charge is 2.59. The van der Waals surface area contributed by atoms with Crippen LogP contribution in [0, 0.1) is 23.7 Å². The molecule has 5 nitrogen and oxygen atoms in total. The van der Waals surface area contributed by atoms with Crippen LogP contribution in [-0.2, 0) is 14.4 Å². The van der Waals surface area contributed by atoms with Crippen LogP contribution in [0.3, 0.4) is 0 Å². The Morgan fingerprint density at radius 1 is 1.14 bits per heavy atom. The van der Waals surface area contributed by atoms with Gasteiger partial charge in [-0.3, -0.25) is 19.3 Å². The van der Waals surface area contributed by atoms with Crippen molar-refractivity contribution in [3.63, 3.8) is 0 Å². The van der Waals surface area contributed by atoms with Gasteiger partial charge in [0.05, 0.1) is 11.8 Å². The van der Waals surface area contributed by atoms with Crippen LogP contribution in [0.1, 0.15) is 26.7 Å². The summed E-state index contributed by atoms with van der Waals surface area (Å²) >= 11 is 0. The second kappa shape index (κ2) is 5.28. The van der Waals surface area contributed by atoms with Gasteiger partial charge in [-0.05, 0) is 32.1 Å². The molecule has 2 bridgehead atoms. The van der Waals surface area contributed by atoms with Crippen LogP contribution in [0.15, 0.2) is 12.2 Å². The Morgan fingerprint density at radius 3 is 2.14 bits per heavy atom. The molecule has 2 fully saturated rings. The van der Waals surface area contributed by atoms with Crippen LogP contribution in [0.25, 0.3) is 0 Å². The number of amides is 3. The Kier molecular flexibility index (Phi) is 3.59. The van der Waals surface area contributed by atoms with E-state index in [9.17, 15) is 14.4 Å². The molecule has 0 aromatic heterocycles. The summed E-state index contributed by atoms with van der Waals surface area (Å²) < 4.78 is 0. The first kappa shape index (κ1) is 14.3. The van der Waals surface area contributed by atoms with Crippen LogP contribution in [0.2, 0.25) is 0 Å². The van der Waals surface area contributed by atoms with Gasteiger partial charge < -0.3 is 4.90 Å². The molecule has 1 heterocycles. The monoisotopic (exact) mass is 290 g/mol. The number of carbonyl (C=O) groups excluding carboxylic acids is 3. The number of nitrogens with zero attached hydrogens (tertiary/aromatic N) is 2. The van der Waals surface area contributed by atoms with Crippen molar-refractivity contribution < 1.29 is 14.4 Å². The average Bonchev–Trinajstić information content (AvgIpc) is 3.13. The highest BCUT2D eigenvalue weighted by molar-refractivity contribution is 6.06. The van der Waals surface area contributed by atoms with Crippen molar-refractivity contribution in [3.8, 4) is 0 Å². The standard InChI is InChI=1S/C16H22N2O3/c1-3-17(4-2)12(19)7-8-18-15(20)13-10-5-6-11(9-10)14(13)16(18)21/h5-6,10-11,13-14H,3-4,7-9H2,1-2H3/t10-,11-,13+,14+/m1/s1. The number of fused-ring (bicyclic) bond motifs is 5. The maximum absolute atomic E-state index is 12.5. The van der Waals surface area contributed by atoms with E-state index < -0.39 is 0 Å². The first-order chi connectivity index (χ1) is 10.1. The molecule has 0 N–H and O–H groups in total. The topological polar surface area (TPSA) is 57.7 Å². The molecule has 0 radical (unpaired) electrons. The molecule has 21 heavy (non-hydrogen) atoms. The van der Waals surface area contributed by atoms with E-state index in [1.807, 2.05) is 13.8 Å². The molecule has 0 aromatic carbocycles. The first-order valence-corrected chi connectivity index (χ1v) is 7.89. The van der Waals surface area contributed by atoms with Crippen LogP contribution in [-0.4, -0.2) is 47.2 Å². The summed E-state index contributed by atoms with van der Waals surface area (Å²) in [6.07, 6.45) is 5.35. The molecule has 0 unspecified atom stereocenters. The fourth-order valence-electron chi connectivity index (χ4n) is 4.13. The summed E-state index contributed by atoms with van der Waals surface area (Å²) in [6.45, 7) is 5.43. The van der Waals surface area contributed by atoms with Crippen molar-refractivity contribution in [1.29, 1.82) is 0 Å².